The number of hydrogen-bond acceptors (Lipinski definition) is 4. The Kier molecular flexibility index (Phi) is 5.07. The summed E-state index contributed by atoms with van der Waals surface area (Å²) in [4.78, 5) is 12.6. The van der Waals surface area contributed by atoms with Gasteiger partial charge in [0.15, 0.2) is 0 Å². The molecular formula is C14H23N3O2. The van der Waals surface area contributed by atoms with E-state index in [1.54, 1.807) is 18.0 Å². The third-order valence-corrected chi connectivity index (χ3v) is 3.90. The van der Waals surface area contributed by atoms with Gasteiger partial charge in [0.25, 0.3) is 0 Å². The first-order chi connectivity index (χ1) is 9.27. The molecule has 0 radical (unpaired) electrons. The van der Waals surface area contributed by atoms with Crippen LogP contribution in [-0.2, 0) is 11.3 Å². The van der Waals surface area contributed by atoms with Crippen molar-refractivity contribution >= 4 is 5.78 Å². The second-order valence-corrected chi connectivity index (χ2v) is 5.26. The zero-order valence-electron chi connectivity index (χ0n) is 11.8. The SMILES string of the molecule is CCCn1nncc1C(=O)C(OC)C1CCCCC1. The summed E-state index contributed by atoms with van der Waals surface area (Å²) in [6.45, 7) is 2.78. The first-order valence-corrected chi connectivity index (χ1v) is 7.23. The maximum atomic E-state index is 12.6. The van der Waals surface area contributed by atoms with Crippen molar-refractivity contribution in [2.24, 2.45) is 5.92 Å². The fraction of sp³-hybridized carbons (Fsp3) is 0.786. The van der Waals surface area contributed by atoms with Gasteiger partial charge >= 0.3 is 0 Å². The highest BCUT2D eigenvalue weighted by Gasteiger charge is 2.32. The van der Waals surface area contributed by atoms with Crippen molar-refractivity contribution in [1.29, 1.82) is 0 Å². The number of Topliss-reactive ketones (excluding diaryl/α,β-unsaturated/α-hetero) is 1. The molecule has 0 aliphatic heterocycles. The third-order valence-electron chi connectivity index (χ3n) is 3.90. The molecular weight excluding hydrogens is 242 g/mol. The van der Waals surface area contributed by atoms with Crippen molar-refractivity contribution < 1.29 is 9.53 Å². The van der Waals surface area contributed by atoms with E-state index in [0.717, 1.165) is 25.8 Å². The Morgan fingerprint density at radius 2 is 2.21 bits per heavy atom. The van der Waals surface area contributed by atoms with E-state index < -0.39 is 0 Å². The van der Waals surface area contributed by atoms with Crippen molar-refractivity contribution in [3.05, 3.63) is 11.9 Å². The van der Waals surface area contributed by atoms with Crippen molar-refractivity contribution in [2.45, 2.75) is 58.1 Å². The number of rotatable bonds is 6. The summed E-state index contributed by atoms with van der Waals surface area (Å²) in [6, 6.07) is 0. The minimum atomic E-state index is -0.339. The molecule has 0 saturated heterocycles. The molecule has 1 atom stereocenters. The first kappa shape index (κ1) is 14.2. The zero-order chi connectivity index (χ0) is 13.7. The van der Waals surface area contributed by atoms with Crippen LogP contribution in [0.2, 0.25) is 0 Å². The summed E-state index contributed by atoms with van der Waals surface area (Å²) in [5.41, 5.74) is 0.583. The molecule has 19 heavy (non-hydrogen) atoms. The second-order valence-electron chi connectivity index (χ2n) is 5.26. The Labute approximate surface area is 114 Å². The summed E-state index contributed by atoms with van der Waals surface area (Å²) in [5.74, 6) is 0.379. The maximum Gasteiger partial charge on any atom is 0.211 e. The summed E-state index contributed by atoms with van der Waals surface area (Å²) >= 11 is 0. The fourth-order valence-electron chi connectivity index (χ4n) is 2.92. The van der Waals surface area contributed by atoms with Gasteiger partial charge in [-0.2, -0.15) is 0 Å². The van der Waals surface area contributed by atoms with Crippen molar-refractivity contribution in [3.63, 3.8) is 0 Å². The van der Waals surface area contributed by atoms with Crippen molar-refractivity contribution in [3.8, 4) is 0 Å². The number of nitrogens with zero attached hydrogens (tertiary/aromatic N) is 3. The molecule has 1 aliphatic rings. The molecule has 106 valence electrons. The number of ketones is 1. The normalized spacial score (nSPS) is 18.4. The van der Waals surface area contributed by atoms with Gasteiger partial charge in [-0.05, 0) is 25.2 Å². The molecule has 1 heterocycles. The smallest absolute Gasteiger partial charge is 0.211 e. The van der Waals surface area contributed by atoms with Crippen LogP contribution in [0.15, 0.2) is 6.20 Å². The molecule has 2 rings (SSSR count). The number of hydrogen-bond donors (Lipinski definition) is 0. The Morgan fingerprint density at radius 1 is 1.47 bits per heavy atom. The Bertz CT molecular complexity index is 411. The van der Waals surface area contributed by atoms with Crippen molar-refractivity contribution in [2.75, 3.05) is 7.11 Å². The van der Waals surface area contributed by atoms with Crippen LogP contribution in [-0.4, -0.2) is 34.0 Å². The minimum Gasteiger partial charge on any atom is -0.373 e. The standard InChI is InChI=1S/C14H23N3O2/c1-3-9-17-12(10-15-16-17)13(18)14(19-2)11-7-5-4-6-8-11/h10-11,14H,3-9H2,1-2H3. The summed E-state index contributed by atoms with van der Waals surface area (Å²) in [5, 5.41) is 7.84. The predicted molar refractivity (Wildman–Crippen MR) is 72.0 cm³/mol. The van der Waals surface area contributed by atoms with Gasteiger partial charge in [0, 0.05) is 13.7 Å². The van der Waals surface area contributed by atoms with E-state index in [0.29, 0.717) is 11.6 Å². The summed E-state index contributed by atoms with van der Waals surface area (Å²) in [7, 11) is 1.63. The van der Waals surface area contributed by atoms with Crippen LogP contribution < -0.4 is 0 Å². The van der Waals surface area contributed by atoms with E-state index in [9.17, 15) is 4.79 Å². The van der Waals surface area contributed by atoms with Crippen LogP contribution in [0.1, 0.15) is 55.9 Å². The van der Waals surface area contributed by atoms with Crippen LogP contribution in [0.4, 0.5) is 0 Å². The molecule has 1 unspecified atom stereocenters. The molecule has 1 aromatic heterocycles. The van der Waals surface area contributed by atoms with Gasteiger partial charge in [-0.1, -0.05) is 31.4 Å². The lowest BCUT2D eigenvalue weighted by Gasteiger charge is -2.28. The number of carbonyl (C=O) groups is 1. The third kappa shape index (κ3) is 3.21. The molecule has 5 nitrogen and oxygen atoms in total. The van der Waals surface area contributed by atoms with E-state index in [2.05, 4.69) is 17.2 Å². The summed E-state index contributed by atoms with van der Waals surface area (Å²) in [6.07, 6.45) is 8.00. The summed E-state index contributed by atoms with van der Waals surface area (Å²) < 4.78 is 7.18. The van der Waals surface area contributed by atoms with Gasteiger partial charge in [0.05, 0.1) is 6.20 Å². The van der Waals surface area contributed by atoms with Crippen LogP contribution in [0, 0.1) is 5.92 Å². The van der Waals surface area contributed by atoms with Gasteiger partial charge in [0.2, 0.25) is 5.78 Å². The first-order valence-electron chi connectivity index (χ1n) is 7.23. The topological polar surface area (TPSA) is 57.0 Å². The number of aryl methyl sites for hydroxylation is 1. The van der Waals surface area contributed by atoms with E-state index in [-0.39, 0.29) is 11.9 Å². The Hall–Kier alpha value is -1.23. The van der Waals surface area contributed by atoms with Gasteiger partial charge < -0.3 is 4.74 Å². The van der Waals surface area contributed by atoms with Crippen LogP contribution in [0.25, 0.3) is 0 Å². The number of ether oxygens (including phenoxy) is 1. The lowest BCUT2D eigenvalue weighted by molar-refractivity contribution is 0.0305. The average Bonchev–Trinajstić information content (AvgIpc) is 2.89. The monoisotopic (exact) mass is 265 g/mol. The molecule has 1 fully saturated rings. The maximum absolute atomic E-state index is 12.6. The minimum absolute atomic E-state index is 0.0350. The predicted octanol–water partition coefficient (Wildman–Crippen LogP) is 2.47. The number of aromatic nitrogens is 3. The highest BCUT2D eigenvalue weighted by Crippen LogP contribution is 2.29. The molecule has 0 spiro atoms. The Balaban J connectivity index is 2.12. The van der Waals surface area contributed by atoms with Crippen LogP contribution in [0.3, 0.4) is 0 Å². The largest absolute Gasteiger partial charge is 0.373 e. The lowest BCUT2D eigenvalue weighted by atomic mass is 9.83. The molecule has 1 saturated carbocycles. The quantitative estimate of drug-likeness (QED) is 0.741. The fourth-order valence-corrected chi connectivity index (χ4v) is 2.92. The van der Waals surface area contributed by atoms with E-state index in [4.69, 9.17) is 4.74 Å². The van der Waals surface area contributed by atoms with Crippen molar-refractivity contribution in [1.82, 2.24) is 15.0 Å². The highest BCUT2D eigenvalue weighted by molar-refractivity contribution is 5.98. The van der Waals surface area contributed by atoms with Crippen LogP contribution >= 0.6 is 0 Å². The van der Waals surface area contributed by atoms with Crippen LogP contribution in [0.5, 0.6) is 0 Å². The van der Waals surface area contributed by atoms with E-state index in [1.807, 2.05) is 0 Å². The molecule has 0 aromatic carbocycles. The number of methoxy groups -OCH3 is 1. The second kappa shape index (κ2) is 6.80. The van der Waals surface area contributed by atoms with Gasteiger partial charge in [-0.3, -0.25) is 4.79 Å². The average molecular weight is 265 g/mol. The van der Waals surface area contributed by atoms with E-state index in [1.165, 1.54) is 19.3 Å². The molecule has 0 amide bonds. The van der Waals surface area contributed by atoms with Gasteiger partial charge in [0.1, 0.15) is 11.8 Å². The highest BCUT2D eigenvalue weighted by atomic mass is 16.5. The lowest BCUT2D eigenvalue weighted by Crippen LogP contribution is -2.34. The molecule has 0 bridgehead atoms. The molecule has 5 heteroatoms. The molecule has 1 aromatic rings. The molecule has 0 N–H and O–H groups in total. The number of carbonyl (C=O) groups excluding carboxylic acids is 1. The van der Waals surface area contributed by atoms with E-state index >= 15 is 0 Å². The van der Waals surface area contributed by atoms with Gasteiger partial charge in [-0.25, -0.2) is 4.68 Å². The zero-order valence-corrected chi connectivity index (χ0v) is 11.8. The molecule has 1 aliphatic carbocycles. The Morgan fingerprint density at radius 3 is 2.84 bits per heavy atom. The van der Waals surface area contributed by atoms with Gasteiger partial charge in [-0.15, -0.1) is 5.10 Å².